The molecule has 0 fully saturated rings. The van der Waals surface area contributed by atoms with Crippen LogP contribution >= 0.6 is 11.6 Å². The van der Waals surface area contributed by atoms with E-state index in [1.807, 2.05) is 18.3 Å². The molecule has 0 radical (unpaired) electrons. The van der Waals surface area contributed by atoms with Gasteiger partial charge in [0.1, 0.15) is 10.8 Å². The predicted octanol–water partition coefficient (Wildman–Crippen LogP) is 2.81. The number of fused-ring (bicyclic) bond motifs is 2. The van der Waals surface area contributed by atoms with Crippen molar-refractivity contribution in [3.05, 3.63) is 53.2 Å². The largest absolute Gasteiger partial charge is 0.346 e. The fourth-order valence-corrected chi connectivity index (χ4v) is 2.67. The molecule has 0 aliphatic rings. The number of aromatic amines is 1. The van der Waals surface area contributed by atoms with E-state index in [1.54, 1.807) is 22.8 Å². The third kappa shape index (κ3) is 1.87. The molecule has 21 heavy (non-hydrogen) atoms. The Morgan fingerprint density at radius 3 is 3.05 bits per heavy atom. The normalized spacial score (nSPS) is 13.0. The lowest BCUT2D eigenvalue weighted by atomic mass is 10.0. The standard InChI is InChI=1S/C14H11ClN6/c1-8(10-7-17-13-9(10)3-2-6-16-13)14-19-18-12-5-4-11(15)20-21(12)14/h2-8H,1H3,(H,16,17). The first-order chi connectivity index (χ1) is 10.2. The van der Waals surface area contributed by atoms with Crippen LogP contribution in [0.1, 0.15) is 24.2 Å². The van der Waals surface area contributed by atoms with Crippen LogP contribution in [0.2, 0.25) is 5.15 Å². The van der Waals surface area contributed by atoms with Gasteiger partial charge in [-0.25, -0.2) is 4.98 Å². The Bertz CT molecular complexity index is 941. The van der Waals surface area contributed by atoms with Crippen molar-refractivity contribution in [3.63, 3.8) is 0 Å². The Hall–Kier alpha value is -2.47. The molecule has 0 spiro atoms. The van der Waals surface area contributed by atoms with E-state index in [2.05, 4.69) is 32.2 Å². The van der Waals surface area contributed by atoms with Gasteiger partial charge in [-0.15, -0.1) is 10.2 Å². The first-order valence-corrected chi connectivity index (χ1v) is 6.91. The number of hydrogen-bond donors (Lipinski definition) is 1. The van der Waals surface area contributed by atoms with E-state index in [0.717, 1.165) is 22.4 Å². The van der Waals surface area contributed by atoms with Crippen molar-refractivity contribution in [2.75, 3.05) is 0 Å². The Kier molecular flexibility index (Phi) is 2.65. The van der Waals surface area contributed by atoms with Crippen LogP contribution in [0.15, 0.2) is 36.7 Å². The molecule has 4 rings (SSSR count). The van der Waals surface area contributed by atoms with Gasteiger partial charge in [0.15, 0.2) is 11.5 Å². The molecule has 0 aromatic carbocycles. The Balaban J connectivity index is 1.90. The number of halogens is 1. The van der Waals surface area contributed by atoms with Crippen molar-refractivity contribution in [1.29, 1.82) is 0 Å². The van der Waals surface area contributed by atoms with Crippen molar-refractivity contribution < 1.29 is 0 Å². The van der Waals surface area contributed by atoms with Crippen molar-refractivity contribution in [2.45, 2.75) is 12.8 Å². The molecule has 104 valence electrons. The smallest absolute Gasteiger partial charge is 0.178 e. The van der Waals surface area contributed by atoms with E-state index in [4.69, 9.17) is 11.6 Å². The van der Waals surface area contributed by atoms with E-state index in [9.17, 15) is 0 Å². The van der Waals surface area contributed by atoms with E-state index < -0.39 is 0 Å². The van der Waals surface area contributed by atoms with Crippen LogP contribution in [0.5, 0.6) is 0 Å². The van der Waals surface area contributed by atoms with Crippen LogP contribution in [-0.2, 0) is 0 Å². The number of aromatic nitrogens is 6. The number of rotatable bonds is 2. The molecule has 1 N–H and O–H groups in total. The number of nitrogens with zero attached hydrogens (tertiary/aromatic N) is 5. The SMILES string of the molecule is CC(c1c[nH]c2ncccc12)c1nnc2ccc(Cl)nn12. The van der Waals surface area contributed by atoms with Crippen LogP contribution in [0.3, 0.4) is 0 Å². The van der Waals surface area contributed by atoms with E-state index in [0.29, 0.717) is 10.8 Å². The summed E-state index contributed by atoms with van der Waals surface area (Å²) in [6.07, 6.45) is 3.72. The molecule has 0 saturated heterocycles. The molecule has 1 atom stereocenters. The molecule has 7 heteroatoms. The minimum absolute atomic E-state index is 0.0175. The molecular weight excluding hydrogens is 288 g/mol. The summed E-state index contributed by atoms with van der Waals surface area (Å²) in [5, 5.41) is 14.2. The highest BCUT2D eigenvalue weighted by molar-refractivity contribution is 6.29. The van der Waals surface area contributed by atoms with Crippen molar-refractivity contribution in [1.82, 2.24) is 29.8 Å². The van der Waals surface area contributed by atoms with Gasteiger partial charge < -0.3 is 4.98 Å². The Morgan fingerprint density at radius 1 is 1.24 bits per heavy atom. The molecule has 0 saturated carbocycles. The van der Waals surface area contributed by atoms with Crippen LogP contribution in [0, 0.1) is 0 Å². The molecule has 1 unspecified atom stereocenters. The Morgan fingerprint density at radius 2 is 2.14 bits per heavy atom. The van der Waals surface area contributed by atoms with Gasteiger partial charge >= 0.3 is 0 Å². The molecule has 0 aliphatic carbocycles. The topological polar surface area (TPSA) is 71.8 Å². The maximum absolute atomic E-state index is 5.97. The van der Waals surface area contributed by atoms with Crippen LogP contribution in [0.25, 0.3) is 16.7 Å². The summed E-state index contributed by atoms with van der Waals surface area (Å²) in [6, 6.07) is 7.46. The lowest BCUT2D eigenvalue weighted by Gasteiger charge is -2.08. The third-order valence-corrected chi connectivity index (χ3v) is 3.79. The average Bonchev–Trinajstić information content (AvgIpc) is 3.10. The minimum atomic E-state index is 0.0175. The monoisotopic (exact) mass is 298 g/mol. The van der Waals surface area contributed by atoms with Gasteiger partial charge in [0.05, 0.1) is 0 Å². The first-order valence-electron chi connectivity index (χ1n) is 6.54. The Labute approximate surface area is 124 Å². The summed E-state index contributed by atoms with van der Waals surface area (Å²) in [6.45, 7) is 2.06. The minimum Gasteiger partial charge on any atom is -0.346 e. The summed E-state index contributed by atoms with van der Waals surface area (Å²) in [7, 11) is 0. The first kappa shape index (κ1) is 12.3. The lowest BCUT2D eigenvalue weighted by molar-refractivity contribution is 0.754. The van der Waals surface area contributed by atoms with Gasteiger partial charge in [0.25, 0.3) is 0 Å². The fraction of sp³-hybridized carbons (Fsp3) is 0.143. The fourth-order valence-electron chi connectivity index (χ4n) is 2.53. The summed E-state index contributed by atoms with van der Waals surface area (Å²) in [4.78, 5) is 7.48. The molecule has 6 nitrogen and oxygen atoms in total. The number of pyridine rings is 1. The maximum atomic E-state index is 5.97. The molecule has 4 aromatic heterocycles. The lowest BCUT2D eigenvalue weighted by Crippen LogP contribution is -2.04. The summed E-state index contributed by atoms with van der Waals surface area (Å²) >= 11 is 5.97. The summed E-state index contributed by atoms with van der Waals surface area (Å²) in [5.41, 5.74) is 2.65. The quantitative estimate of drug-likeness (QED) is 0.617. The second kappa shape index (κ2) is 4.53. The highest BCUT2D eigenvalue weighted by Crippen LogP contribution is 2.28. The van der Waals surface area contributed by atoms with Gasteiger partial charge in [-0.3, -0.25) is 0 Å². The molecule has 4 aromatic rings. The van der Waals surface area contributed by atoms with Crippen molar-refractivity contribution in [3.8, 4) is 0 Å². The molecular formula is C14H11ClN6. The molecule has 0 aliphatic heterocycles. The van der Waals surface area contributed by atoms with Gasteiger partial charge in [-0.2, -0.15) is 9.61 Å². The van der Waals surface area contributed by atoms with Gasteiger partial charge in [-0.1, -0.05) is 18.5 Å². The third-order valence-electron chi connectivity index (χ3n) is 3.59. The zero-order valence-corrected chi connectivity index (χ0v) is 11.9. The summed E-state index contributed by atoms with van der Waals surface area (Å²) < 4.78 is 1.68. The maximum Gasteiger partial charge on any atom is 0.178 e. The second-order valence-corrected chi connectivity index (χ2v) is 5.24. The number of hydrogen-bond acceptors (Lipinski definition) is 4. The molecule has 0 amide bonds. The molecule has 4 heterocycles. The van der Waals surface area contributed by atoms with E-state index >= 15 is 0 Å². The zero-order chi connectivity index (χ0) is 14.4. The highest BCUT2D eigenvalue weighted by Gasteiger charge is 2.19. The van der Waals surface area contributed by atoms with Crippen LogP contribution in [-0.4, -0.2) is 29.8 Å². The predicted molar refractivity (Wildman–Crippen MR) is 79.4 cm³/mol. The van der Waals surface area contributed by atoms with Crippen LogP contribution in [0.4, 0.5) is 0 Å². The van der Waals surface area contributed by atoms with Gasteiger partial charge in [-0.05, 0) is 29.8 Å². The second-order valence-electron chi connectivity index (χ2n) is 4.85. The van der Waals surface area contributed by atoms with Crippen LogP contribution < -0.4 is 0 Å². The van der Waals surface area contributed by atoms with E-state index in [1.165, 1.54) is 0 Å². The molecule has 0 bridgehead atoms. The highest BCUT2D eigenvalue weighted by atomic mass is 35.5. The van der Waals surface area contributed by atoms with E-state index in [-0.39, 0.29) is 5.92 Å². The number of H-pyrrole nitrogens is 1. The van der Waals surface area contributed by atoms with Gasteiger partial charge in [0, 0.05) is 23.7 Å². The van der Waals surface area contributed by atoms with Crippen molar-refractivity contribution >= 4 is 28.3 Å². The average molecular weight is 299 g/mol. The zero-order valence-electron chi connectivity index (χ0n) is 11.2. The van der Waals surface area contributed by atoms with Gasteiger partial charge in [0.2, 0.25) is 0 Å². The van der Waals surface area contributed by atoms with Crippen molar-refractivity contribution in [2.24, 2.45) is 0 Å². The summed E-state index contributed by atoms with van der Waals surface area (Å²) in [5.74, 6) is 0.765. The number of nitrogens with one attached hydrogen (secondary N) is 1.